The number of amides is 4. The number of nitrogens with two attached hydrogens (primary N) is 5. The summed E-state index contributed by atoms with van der Waals surface area (Å²) < 4.78 is 0. The Morgan fingerprint density at radius 1 is 0.853 bits per heavy atom. The average Bonchev–Trinajstić information content (AvgIpc) is 2.76. The molecule has 0 aliphatic heterocycles. The lowest BCUT2D eigenvalue weighted by atomic mass is 10.1. The van der Waals surface area contributed by atoms with Crippen LogP contribution in [0.2, 0.25) is 0 Å². The van der Waals surface area contributed by atoms with Gasteiger partial charge in [0.1, 0.15) is 12.1 Å². The van der Waals surface area contributed by atoms with E-state index in [-0.39, 0.29) is 38.2 Å². The Bertz CT molecular complexity index is 727. The molecule has 0 radical (unpaired) electrons. The topological polar surface area (TPSA) is 284 Å². The summed E-state index contributed by atoms with van der Waals surface area (Å²) in [6, 6.07) is -3.28. The molecule has 34 heavy (non-hydrogen) atoms. The predicted octanol–water partition coefficient (Wildman–Crippen LogP) is -4.07. The Morgan fingerprint density at radius 2 is 1.53 bits per heavy atom. The first-order valence-electron chi connectivity index (χ1n) is 10.9. The molecule has 15 heteroatoms. The molecule has 0 heterocycles. The number of rotatable bonds is 18. The molecule has 0 aliphatic carbocycles. The minimum Gasteiger partial charge on any atom is -0.480 e. The van der Waals surface area contributed by atoms with E-state index in [9.17, 15) is 29.1 Å². The van der Waals surface area contributed by atoms with Gasteiger partial charge in [0.2, 0.25) is 23.6 Å². The Morgan fingerprint density at radius 3 is 2.09 bits per heavy atom. The highest BCUT2D eigenvalue weighted by molar-refractivity contribution is 5.92. The summed E-state index contributed by atoms with van der Waals surface area (Å²) >= 11 is 0. The molecule has 4 amide bonds. The standard InChI is InChI=1S/C19H37N9O6/c20-8-2-1-5-13(18(33)34)27-15(30)10-26-17(32)12(6-7-14(22)29)28-16(31)11(21)4-3-9-25-19(23)24/h11-13H,1-10,20-21H2,(H2,22,29)(H,26,32)(H,27,30)(H,28,31)(H,33,34)(H4,23,24,25). The first-order chi connectivity index (χ1) is 16.0. The Labute approximate surface area is 197 Å². The van der Waals surface area contributed by atoms with Crippen molar-refractivity contribution in [3.63, 3.8) is 0 Å². The third kappa shape index (κ3) is 14.6. The monoisotopic (exact) mass is 487 g/mol. The predicted molar refractivity (Wildman–Crippen MR) is 124 cm³/mol. The van der Waals surface area contributed by atoms with Crippen LogP contribution in [-0.4, -0.2) is 78.4 Å². The van der Waals surface area contributed by atoms with Crippen LogP contribution in [0.5, 0.6) is 0 Å². The van der Waals surface area contributed by atoms with Gasteiger partial charge in [-0.2, -0.15) is 0 Å². The van der Waals surface area contributed by atoms with Crippen LogP contribution >= 0.6 is 0 Å². The van der Waals surface area contributed by atoms with Gasteiger partial charge >= 0.3 is 5.97 Å². The zero-order valence-electron chi connectivity index (χ0n) is 19.1. The van der Waals surface area contributed by atoms with Crippen LogP contribution in [0.1, 0.15) is 44.9 Å². The van der Waals surface area contributed by atoms with Crippen LogP contribution < -0.4 is 44.6 Å². The van der Waals surface area contributed by atoms with Crippen molar-refractivity contribution in [2.45, 2.75) is 63.1 Å². The van der Waals surface area contributed by atoms with E-state index < -0.39 is 54.3 Å². The Balaban J connectivity index is 4.84. The van der Waals surface area contributed by atoms with Crippen LogP contribution in [0.25, 0.3) is 0 Å². The lowest BCUT2D eigenvalue weighted by Crippen LogP contribution is -2.53. The zero-order valence-corrected chi connectivity index (χ0v) is 19.1. The molecule has 0 fully saturated rings. The zero-order chi connectivity index (χ0) is 26.1. The van der Waals surface area contributed by atoms with Gasteiger partial charge in [0.25, 0.3) is 0 Å². The number of primary amides is 1. The fourth-order valence-corrected chi connectivity index (χ4v) is 2.77. The number of carboxylic acids is 1. The average molecular weight is 488 g/mol. The summed E-state index contributed by atoms with van der Waals surface area (Å²) in [4.78, 5) is 63.1. The van der Waals surface area contributed by atoms with Crippen molar-refractivity contribution in [1.82, 2.24) is 16.0 Å². The molecule has 14 N–H and O–H groups in total. The molecule has 15 nitrogen and oxygen atoms in total. The van der Waals surface area contributed by atoms with Gasteiger partial charge in [0.15, 0.2) is 5.96 Å². The molecule has 0 saturated carbocycles. The van der Waals surface area contributed by atoms with E-state index in [1.165, 1.54) is 0 Å². The summed E-state index contributed by atoms with van der Waals surface area (Å²) in [5, 5.41) is 16.3. The molecule has 0 rings (SSSR count). The highest BCUT2D eigenvalue weighted by atomic mass is 16.4. The second-order valence-corrected chi connectivity index (χ2v) is 7.58. The normalized spacial score (nSPS) is 13.1. The molecular formula is C19H37N9O6. The van der Waals surface area contributed by atoms with E-state index in [1.54, 1.807) is 0 Å². The van der Waals surface area contributed by atoms with Gasteiger partial charge < -0.3 is 49.7 Å². The van der Waals surface area contributed by atoms with E-state index in [4.69, 9.17) is 28.7 Å². The van der Waals surface area contributed by atoms with Crippen molar-refractivity contribution in [1.29, 1.82) is 0 Å². The summed E-state index contributed by atoms with van der Waals surface area (Å²) in [5.74, 6) is -4.12. The number of nitrogens with zero attached hydrogens (tertiary/aromatic N) is 1. The first kappa shape index (κ1) is 30.5. The number of carboxylic acid groups (broad SMARTS) is 1. The molecule has 0 aliphatic rings. The van der Waals surface area contributed by atoms with E-state index in [1.807, 2.05) is 0 Å². The maximum atomic E-state index is 12.5. The molecule has 0 saturated heterocycles. The number of nitrogens with one attached hydrogen (secondary N) is 3. The summed E-state index contributed by atoms with van der Waals surface area (Å²) in [6.07, 6.45) is 1.63. The largest absolute Gasteiger partial charge is 0.480 e. The van der Waals surface area contributed by atoms with Gasteiger partial charge in [0.05, 0.1) is 12.6 Å². The fraction of sp³-hybridized carbons (Fsp3) is 0.684. The van der Waals surface area contributed by atoms with Crippen LogP contribution in [0, 0.1) is 0 Å². The van der Waals surface area contributed by atoms with Crippen molar-refractivity contribution in [2.75, 3.05) is 19.6 Å². The molecule has 0 spiro atoms. The van der Waals surface area contributed by atoms with E-state index in [0.29, 0.717) is 25.8 Å². The minimum absolute atomic E-state index is 0.0875. The number of aliphatic imine (C=N–C) groups is 1. The van der Waals surface area contributed by atoms with Gasteiger partial charge in [-0.3, -0.25) is 24.2 Å². The number of hydrogen-bond acceptors (Lipinski definition) is 8. The maximum Gasteiger partial charge on any atom is 0.326 e. The molecule has 194 valence electrons. The quantitative estimate of drug-likeness (QED) is 0.0511. The third-order valence-corrected chi connectivity index (χ3v) is 4.62. The number of hydrogen-bond donors (Lipinski definition) is 9. The third-order valence-electron chi connectivity index (χ3n) is 4.62. The van der Waals surface area contributed by atoms with Crippen LogP contribution in [-0.2, 0) is 24.0 Å². The summed E-state index contributed by atoms with van der Waals surface area (Å²) in [6.45, 7) is 0.134. The van der Waals surface area contributed by atoms with Gasteiger partial charge in [-0.25, -0.2) is 4.79 Å². The lowest BCUT2D eigenvalue weighted by Gasteiger charge is -2.20. The first-order valence-corrected chi connectivity index (χ1v) is 10.9. The second kappa shape index (κ2) is 17.1. The SMILES string of the molecule is NCCCCC(NC(=O)CNC(=O)C(CCC(N)=O)NC(=O)C(N)CCCN=C(N)N)C(=O)O. The maximum absolute atomic E-state index is 12.5. The highest BCUT2D eigenvalue weighted by Crippen LogP contribution is 2.02. The molecule has 0 aromatic rings. The van der Waals surface area contributed by atoms with Crippen molar-refractivity contribution >= 4 is 35.6 Å². The van der Waals surface area contributed by atoms with Gasteiger partial charge in [-0.1, -0.05) is 0 Å². The highest BCUT2D eigenvalue weighted by Gasteiger charge is 2.25. The molecule has 3 atom stereocenters. The second-order valence-electron chi connectivity index (χ2n) is 7.58. The van der Waals surface area contributed by atoms with Crippen molar-refractivity contribution in [3.05, 3.63) is 0 Å². The Hall–Kier alpha value is -3.46. The van der Waals surface area contributed by atoms with E-state index in [2.05, 4.69) is 20.9 Å². The molecular weight excluding hydrogens is 450 g/mol. The Kier molecular flexibility index (Phi) is 15.3. The van der Waals surface area contributed by atoms with E-state index in [0.717, 1.165) is 0 Å². The summed E-state index contributed by atoms with van der Waals surface area (Å²) in [7, 11) is 0. The van der Waals surface area contributed by atoms with Crippen LogP contribution in [0.4, 0.5) is 0 Å². The molecule has 0 aromatic heterocycles. The van der Waals surface area contributed by atoms with Gasteiger partial charge in [0, 0.05) is 13.0 Å². The molecule has 0 bridgehead atoms. The van der Waals surface area contributed by atoms with Gasteiger partial charge in [-0.05, 0) is 45.1 Å². The van der Waals surface area contributed by atoms with Crippen LogP contribution in [0.15, 0.2) is 4.99 Å². The van der Waals surface area contributed by atoms with Crippen molar-refractivity contribution in [2.24, 2.45) is 33.7 Å². The van der Waals surface area contributed by atoms with Crippen molar-refractivity contribution in [3.8, 4) is 0 Å². The number of guanidine groups is 1. The van der Waals surface area contributed by atoms with Gasteiger partial charge in [-0.15, -0.1) is 0 Å². The van der Waals surface area contributed by atoms with Crippen LogP contribution in [0.3, 0.4) is 0 Å². The number of carbonyl (C=O) groups excluding carboxylic acids is 4. The smallest absolute Gasteiger partial charge is 0.326 e. The fourth-order valence-electron chi connectivity index (χ4n) is 2.77. The number of carbonyl (C=O) groups is 5. The number of aliphatic carboxylic acids is 1. The lowest BCUT2D eigenvalue weighted by molar-refractivity contribution is -0.142. The number of unbranched alkanes of at least 4 members (excludes halogenated alkanes) is 1. The molecule has 0 aromatic carbocycles. The summed E-state index contributed by atoms with van der Waals surface area (Å²) in [5.41, 5.74) is 26.8. The minimum atomic E-state index is -1.21. The molecule has 3 unspecified atom stereocenters. The van der Waals surface area contributed by atoms with Crippen molar-refractivity contribution < 1.29 is 29.1 Å². The van der Waals surface area contributed by atoms with E-state index >= 15 is 0 Å².